The van der Waals surface area contributed by atoms with Crippen molar-refractivity contribution >= 4 is 52.2 Å². The zero-order chi connectivity index (χ0) is 25.8. The van der Waals surface area contributed by atoms with Crippen molar-refractivity contribution in [3.05, 3.63) is 110 Å². The van der Waals surface area contributed by atoms with Crippen molar-refractivity contribution in [3.63, 3.8) is 0 Å². The molecule has 180 valence electrons. The van der Waals surface area contributed by atoms with E-state index in [0.29, 0.717) is 22.0 Å². The monoisotopic (exact) mass is 518 g/mol. The highest BCUT2D eigenvalue weighted by atomic mass is 35.5. The number of carbonyl (C=O) groups excluding carboxylic acids is 2. The van der Waals surface area contributed by atoms with Crippen molar-refractivity contribution in [2.45, 2.75) is 18.6 Å². The number of carbonyl (C=O) groups is 2. The lowest BCUT2D eigenvalue weighted by Gasteiger charge is -2.19. The SMILES string of the molecule is Cc1ccc(NC(=O)C(C#N)=C2SC(Cc3cccc([N+](=O)[O-])c3)C(=O)N2c2ccc(Cl)cc2)cc1. The average Bonchev–Trinajstić information content (AvgIpc) is 3.17. The van der Waals surface area contributed by atoms with Crippen LogP contribution in [0, 0.1) is 28.4 Å². The summed E-state index contributed by atoms with van der Waals surface area (Å²) in [5.41, 5.74) is 2.27. The largest absolute Gasteiger partial charge is 0.321 e. The summed E-state index contributed by atoms with van der Waals surface area (Å²) < 4.78 is 0. The number of nitrogens with zero attached hydrogens (tertiary/aromatic N) is 3. The van der Waals surface area contributed by atoms with E-state index in [2.05, 4.69) is 5.32 Å². The van der Waals surface area contributed by atoms with E-state index < -0.39 is 16.1 Å². The van der Waals surface area contributed by atoms with Gasteiger partial charge in [-0.15, -0.1) is 0 Å². The Kier molecular flexibility index (Phi) is 7.38. The van der Waals surface area contributed by atoms with Crippen LogP contribution < -0.4 is 10.2 Å². The normalized spacial score (nSPS) is 16.4. The number of nitrogens with one attached hydrogen (secondary N) is 1. The third-order valence-corrected chi connectivity index (χ3v) is 6.96. The summed E-state index contributed by atoms with van der Waals surface area (Å²) in [7, 11) is 0. The molecule has 3 aromatic rings. The molecular weight excluding hydrogens is 500 g/mol. The maximum Gasteiger partial charge on any atom is 0.269 e. The van der Waals surface area contributed by atoms with Gasteiger partial charge in [-0.1, -0.05) is 53.2 Å². The minimum Gasteiger partial charge on any atom is -0.321 e. The maximum absolute atomic E-state index is 13.5. The third-order valence-electron chi connectivity index (χ3n) is 5.44. The van der Waals surface area contributed by atoms with E-state index in [1.807, 2.05) is 25.1 Å². The van der Waals surface area contributed by atoms with Crippen molar-refractivity contribution < 1.29 is 14.5 Å². The molecule has 1 fully saturated rings. The number of nitro benzene ring substituents is 1. The predicted molar refractivity (Wildman–Crippen MR) is 140 cm³/mol. The number of thioether (sulfide) groups is 1. The van der Waals surface area contributed by atoms with Crippen LogP contribution in [0.25, 0.3) is 0 Å². The van der Waals surface area contributed by atoms with E-state index in [1.165, 1.54) is 17.0 Å². The summed E-state index contributed by atoms with van der Waals surface area (Å²) in [6.45, 7) is 1.92. The Morgan fingerprint density at radius 2 is 1.86 bits per heavy atom. The van der Waals surface area contributed by atoms with Crippen LogP contribution in [0.3, 0.4) is 0 Å². The summed E-state index contributed by atoms with van der Waals surface area (Å²) in [5.74, 6) is -0.994. The lowest BCUT2D eigenvalue weighted by Crippen LogP contribution is -2.30. The van der Waals surface area contributed by atoms with Gasteiger partial charge in [0.05, 0.1) is 10.2 Å². The number of benzene rings is 3. The van der Waals surface area contributed by atoms with E-state index >= 15 is 0 Å². The zero-order valence-electron chi connectivity index (χ0n) is 19.0. The van der Waals surface area contributed by atoms with Gasteiger partial charge in [-0.3, -0.25) is 24.6 Å². The molecule has 8 nitrogen and oxygen atoms in total. The van der Waals surface area contributed by atoms with Crippen molar-refractivity contribution in [2.24, 2.45) is 0 Å². The molecule has 1 atom stereocenters. The van der Waals surface area contributed by atoms with Crippen LogP contribution in [-0.2, 0) is 16.0 Å². The molecule has 4 rings (SSSR count). The molecule has 1 aliphatic rings. The topological polar surface area (TPSA) is 116 Å². The summed E-state index contributed by atoms with van der Waals surface area (Å²) in [4.78, 5) is 38.6. The summed E-state index contributed by atoms with van der Waals surface area (Å²) in [6, 6.07) is 21.6. The van der Waals surface area contributed by atoms with Crippen molar-refractivity contribution in [3.8, 4) is 6.07 Å². The highest BCUT2D eigenvalue weighted by Gasteiger charge is 2.41. The molecule has 3 aromatic carbocycles. The number of amides is 2. The number of non-ortho nitro benzene ring substituents is 1. The minimum atomic E-state index is -0.701. The molecule has 0 bridgehead atoms. The Labute approximate surface area is 216 Å². The second-order valence-corrected chi connectivity index (χ2v) is 9.63. The molecule has 1 heterocycles. The van der Waals surface area contributed by atoms with Gasteiger partial charge in [0.25, 0.3) is 11.6 Å². The van der Waals surface area contributed by atoms with E-state index in [9.17, 15) is 25.0 Å². The van der Waals surface area contributed by atoms with Crippen LogP contribution in [0.2, 0.25) is 5.02 Å². The fourth-order valence-corrected chi connectivity index (χ4v) is 5.09. The van der Waals surface area contributed by atoms with Crippen LogP contribution in [0.1, 0.15) is 11.1 Å². The smallest absolute Gasteiger partial charge is 0.269 e. The summed E-state index contributed by atoms with van der Waals surface area (Å²) in [5, 5.41) is 23.8. The highest BCUT2D eigenvalue weighted by Crippen LogP contribution is 2.42. The number of nitro groups is 1. The first kappa shape index (κ1) is 25.0. The first-order valence-corrected chi connectivity index (χ1v) is 12.0. The van der Waals surface area contributed by atoms with Gasteiger partial charge in [-0.2, -0.15) is 5.26 Å². The summed E-state index contributed by atoms with van der Waals surface area (Å²) >= 11 is 7.10. The van der Waals surface area contributed by atoms with Gasteiger partial charge in [0.2, 0.25) is 5.91 Å². The van der Waals surface area contributed by atoms with Gasteiger partial charge < -0.3 is 5.32 Å². The minimum absolute atomic E-state index is 0.0801. The van der Waals surface area contributed by atoms with Crippen LogP contribution in [0.15, 0.2) is 83.4 Å². The number of aryl methyl sites for hydroxylation is 1. The number of rotatable bonds is 6. The first-order valence-electron chi connectivity index (χ1n) is 10.8. The van der Waals surface area contributed by atoms with E-state index in [1.54, 1.807) is 48.5 Å². The number of anilines is 2. The molecule has 0 aliphatic carbocycles. The molecule has 0 aromatic heterocycles. The molecule has 36 heavy (non-hydrogen) atoms. The maximum atomic E-state index is 13.5. The second kappa shape index (κ2) is 10.6. The molecule has 0 radical (unpaired) electrons. The molecule has 10 heteroatoms. The molecular formula is C26H19ClN4O4S. The lowest BCUT2D eigenvalue weighted by atomic mass is 10.1. The lowest BCUT2D eigenvalue weighted by molar-refractivity contribution is -0.384. The fourth-order valence-electron chi connectivity index (χ4n) is 3.65. The standard InChI is InChI=1S/C26H19ClN4O4S/c1-16-5-9-19(10-6-16)29-24(32)22(15-28)26-30(20-11-7-18(27)8-12-20)25(33)23(36-26)14-17-3-2-4-21(13-17)31(34)35/h2-13,23H,14H2,1H3,(H,29,32). The second-order valence-electron chi connectivity index (χ2n) is 8.00. The van der Waals surface area contributed by atoms with Gasteiger partial charge in [0.1, 0.15) is 16.7 Å². The van der Waals surface area contributed by atoms with Gasteiger partial charge >= 0.3 is 0 Å². The predicted octanol–water partition coefficient (Wildman–Crippen LogP) is 5.62. The van der Waals surface area contributed by atoms with Gasteiger partial charge in [-0.25, -0.2) is 0 Å². The van der Waals surface area contributed by atoms with Gasteiger partial charge in [-0.05, 0) is 55.3 Å². The molecule has 0 spiro atoms. The number of hydrogen-bond acceptors (Lipinski definition) is 6. The van der Waals surface area contributed by atoms with Crippen molar-refractivity contribution in [1.29, 1.82) is 5.26 Å². The number of nitriles is 1. The molecule has 1 saturated heterocycles. The Hall–Kier alpha value is -4.13. The van der Waals surface area contributed by atoms with Gasteiger partial charge in [0.15, 0.2) is 0 Å². The van der Waals surface area contributed by atoms with Crippen LogP contribution in [0.5, 0.6) is 0 Å². The summed E-state index contributed by atoms with van der Waals surface area (Å²) in [6.07, 6.45) is 0.178. The molecule has 0 saturated carbocycles. The molecule has 1 aliphatic heterocycles. The van der Waals surface area contributed by atoms with E-state index in [0.717, 1.165) is 17.3 Å². The average molecular weight is 519 g/mol. The Morgan fingerprint density at radius 3 is 2.50 bits per heavy atom. The Balaban J connectivity index is 1.72. The van der Waals surface area contributed by atoms with Gasteiger partial charge in [0, 0.05) is 28.5 Å². The van der Waals surface area contributed by atoms with E-state index in [4.69, 9.17) is 11.6 Å². The van der Waals surface area contributed by atoms with E-state index in [-0.39, 0.29) is 28.6 Å². The Bertz CT molecular complexity index is 1420. The molecule has 1 unspecified atom stereocenters. The quantitative estimate of drug-likeness (QED) is 0.196. The fraction of sp³-hybridized carbons (Fsp3) is 0.115. The van der Waals surface area contributed by atoms with Crippen LogP contribution in [-0.4, -0.2) is 22.0 Å². The van der Waals surface area contributed by atoms with Crippen molar-refractivity contribution in [1.82, 2.24) is 0 Å². The highest BCUT2D eigenvalue weighted by molar-refractivity contribution is 8.05. The van der Waals surface area contributed by atoms with Crippen LogP contribution in [0.4, 0.5) is 17.1 Å². The number of hydrogen-bond donors (Lipinski definition) is 1. The van der Waals surface area contributed by atoms with Crippen molar-refractivity contribution in [2.75, 3.05) is 10.2 Å². The first-order chi connectivity index (χ1) is 17.3. The molecule has 2 amide bonds. The van der Waals surface area contributed by atoms with Crippen LogP contribution >= 0.6 is 23.4 Å². The third kappa shape index (κ3) is 5.40. The number of halogens is 1. The molecule has 1 N–H and O–H groups in total. The Morgan fingerprint density at radius 1 is 1.17 bits per heavy atom. The zero-order valence-corrected chi connectivity index (χ0v) is 20.5.